The predicted molar refractivity (Wildman–Crippen MR) is 95.0 cm³/mol. The van der Waals surface area contributed by atoms with Crippen LogP contribution in [0.5, 0.6) is 11.5 Å². The third-order valence-electron chi connectivity index (χ3n) is 3.32. The van der Waals surface area contributed by atoms with E-state index < -0.39 is 0 Å². The largest absolute Gasteiger partial charge is 0.454 e. The van der Waals surface area contributed by atoms with E-state index in [1.54, 1.807) is 0 Å². The summed E-state index contributed by atoms with van der Waals surface area (Å²) in [6.45, 7) is 2.62. The molecule has 2 amide bonds. The molecule has 3 rings (SSSR count). The van der Waals surface area contributed by atoms with Crippen molar-refractivity contribution in [3.63, 3.8) is 0 Å². The van der Waals surface area contributed by atoms with E-state index in [-0.39, 0.29) is 12.8 Å². The minimum absolute atomic E-state index is 0.238. The number of ether oxygens (including phenoxy) is 2. The van der Waals surface area contributed by atoms with Gasteiger partial charge in [0.2, 0.25) is 6.79 Å². The van der Waals surface area contributed by atoms with Crippen LogP contribution in [0.4, 0.5) is 10.5 Å². The van der Waals surface area contributed by atoms with Gasteiger partial charge >= 0.3 is 6.03 Å². The maximum Gasteiger partial charge on any atom is 0.319 e. The zero-order chi connectivity index (χ0) is 16.4. The van der Waals surface area contributed by atoms with Crippen LogP contribution in [0.25, 0.3) is 0 Å². The molecule has 0 spiro atoms. The Bertz CT molecular complexity index is 742. The van der Waals surface area contributed by atoms with Gasteiger partial charge in [0.25, 0.3) is 0 Å². The molecule has 7 heteroatoms. The topological polar surface area (TPSA) is 59.6 Å². The van der Waals surface area contributed by atoms with E-state index in [1.807, 2.05) is 37.3 Å². The SMILES string of the molecule is Cc1cc(Br)c(NC(=O)NCc2ccc3c(c2)OCO3)c(Br)c1. The number of nitrogens with one attached hydrogen (secondary N) is 2. The van der Waals surface area contributed by atoms with E-state index in [1.165, 1.54) is 0 Å². The fourth-order valence-electron chi connectivity index (χ4n) is 2.21. The average Bonchev–Trinajstić information content (AvgIpc) is 2.96. The summed E-state index contributed by atoms with van der Waals surface area (Å²) in [4.78, 5) is 12.1. The quantitative estimate of drug-likeness (QED) is 0.733. The van der Waals surface area contributed by atoms with Crippen molar-refractivity contribution in [2.45, 2.75) is 13.5 Å². The molecule has 1 heterocycles. The molecule has 1 aliphatic heterocycles. The van der Waals surface area contributed by atoms with Crippen LogP contribution < -0.4 is 20.1 Å². The molecule has 1 aliphatic rings. The van der Waals surface area contributed by atoms with Gasteiger partial charge in [0.05, 0.1) is 5.69 Å². The van der Waals surface area contributed by atoms with Crippen molar-refractivity contribution >= 4 is 43.6 Å². The second kappa shape index (κ2) is 6.80. The van der Waals surface area contributed by atoms with Crippen LogP contribution in [-0.4, -0.2) is 12.8 Å². The molecule has 2 aromatic carbocycles. The fraction of sp³-hybridized carbons (Fsp3) is 0.188. The number of carbonyl (C=O) groups is 1. The fourth-order valence-corrected chi connectivity index (χ4v) is 3.82. The van der Waals surface area contributed by atoms with Crippen molar-refractivity contribution in [1.29, 1.82) is 0 Å². The third-order valence-corrected chi connectivity index (χ3v) is 4.57. The summed E-state index contributed by atoms with van der Waals surface area (Å²) in [5.74, 6) is 1.43. The molecule has 120 valence electrons. The van der Waals surface area contributed by atoms with E-state index in [4.69, 9.17) is 9.47 Å². The molecule has 0 saturated carbocycles. The number of benzene rings is 2. The lowest BCUT2D eigenvalue weighted by Gasteiger charge is -2.12. The van der Waals surface area contributed by atoms with Gasteiger partial charge in [-0.3, -0.25) is 0 Å². The molecule has 2 aromatic rings. The highest BCUT2D eigenvalue weighted by atomic mass is 79.9. The highest BCUT2D eigenvalue weighted by molar-refractivity contribution is 9.11. The maximum atomic E-state index is 12.1. The zero-order valence-electron chi connectivity index (χ0n) is 12.3. The number of carbonyl (C=O) groups excluding carboxylic acids is 1. The monoisotopic (exact) mass is 440 g/mol. The minimum atomic E-state index is -0.284. The Labute approximate surface area is 150 Å². The molecule has 0 aromatic heterocycles. The number of anilines is 1. The first-order valence-electron chi connectivity index (χ1n) is 6.92. The lowest BCUT2D eigenvalue weighted by molar-refractivity contribution is 0.174. The molecule has 5 nitrogen and oxygen atoms in total. The first-order valence-corrected chi connectivity index (χ1v) is 8.50. The Balaban J connectivity index is 1.62. The Morgan fingerprint density at radius 1 is 1.13 bits per heavy atom. The maximum absolute atomic E-state index is 12.1. The second-order valence-electron chi connectivity index (χ2n) is 5.10. The van der Waals surface area contributed by atoms with Crippen LogP contribution in [0.3, 0.4) is 0 Å². The summed E-state index contributed by atoms with van der Waals surface area (Å²) >= 11 is 6.91. The molecular formula is C16H14Br2N2O3. The summed E-state index contributed by atoms with van der Waals surface area (Å²) in [6.07, 6.45) is 0. The van der Waals surface area contributed by atoms with Gasteiger partial charge in [-0.2, -0.15) is 0 Å². The van der Waals surface area contributed by atoms with Crippen molar-refractivity contribution in [3.05, 3.63) is 50.4 Å². The van der Waals surface area contributed by atoms with Crippen LogP contribution in [0.1, 0.15) is 11.1 Å². The first kappa shape index (κ1) is 16.1. The summed E-state index contributed by atoms with van der Waals surface area (Å²) in [5.41, 5.74) is 2.72. The first-order chi connectivity index (χ1) is 11.0. The number of rotatable bonds is 3. The number of hydrogen-bond donors (Lipinski definition) is 2. The van der Waals surface area contributed by atoms with Crippen molar-refractivity contribution in [2.24, 2.45) is 0 Å². The highest BCUT2D eigenvalue weighted by Gasteiger charge is 2.14. The Kier molecular flexibility index (Phi) is 4.77. The molecule has 0 unspecified atom stereocenters. The van der Waals surface area contributed by atoms with Crippen molar-refractivity contribution in [3.8, 4) is 11.5 Å². The van der Waals surface area contributed by atoms with Gasteiger partial charge in [-0.1, -0.05) is 6.07 Å². The Hall–Kier alpha value is -1.73. The molecule has 0 radical (unpaired) electrons. The third kappa shape index (κ3) is 3.79. The van der Waals surface area contributed by atoms with Crippen molar-refractivity contribution < 1.29 is 14.3 Å². The number of aryl methyl sites for hydroxylation is 1. The van der Waals surface area contributed by atoms with Gasteiger partial charge in [-0.25, -0.2) is 4.79 Å². The van der Waals surface area contributed by atoms with E-state index in [0.717, 1.165) is 25.8 Å². The molecule has 0 aliphatic carbocycles. The number of urea groups is 1. The van der Waals surface area contributed by atoms with Crippen LogP contribution in [0, 0.1) is 6.92 Å². The van der Waals surface area contributed by atoms with Crippen LogP contribution in [0.2, 0.25) is 0 Å². The Morgan fingerprint density at radius 3 is 2.57 bits per heavy atom. The van der Waals surface area contributed by atoms with Gasteiger partial charge in [-0.15, -0.1) is 0 Å². The number of amides is 2. The second-order valence-corrected chi connectivity index (χ2v) is 6.81. The number of halogens is 2. The molecular weight excluding hydrogens is 428 g/mol. The molecule has 0 bridgehead atoms. The molecule has 23 heavy (non-hydrogen) atoms. The summed E-state index contributed by atoms with van der Waals surface area (Å²) in [5, 5.41) is 5.65. The molecule has 0 fully saturated rings. The summed E-state index contributed by atoms with van der Waals surface area (Å²) in [7, 11) is 0. The molecule has 0 saturated heterocycles. The van der Waals surface area contributed by atoms with Crippen LogP contribution in [0.15, 0.2) is 39.3 Å². The van der Waals surface area contributed by atoms with E-state index >= 15 is 0 Å². The van der Waals surface area contributed by atoms with Gasteiger partial charge in [0.15, 0.2) is 11.5 Å². The number of fused-ring (bicyclic) bond motifs is 1. The van der Waals surface area contributed by atoms with E-state index in [2.05, 4.69) is 42.5 Å². The van der Waals surface area contributed by atoms with Crippen molar-refractivity contribution in [1.82, 2.24) is 5.32 Å². The highest BCUT2D eigenvalue weighted by Crippen LogP contribution is 2.33. The van der Waals surface area contributed by atoms with Crippen LogP contribution in [-0.2, 0) is 6.54 Å². The average molecular weight is 442 g/mol. The van der Waals surface area contributed by atoms with E-state index in [0.29, 0.717) is 18.0 Å². The van der Waals surface area contributed by atoms with Gasteiger partial charge in [0, 0.05) is 15.5 Å². The van der Waals surface area contributed by atoms with Crippen molar-refractivity contribution in [2.75, 3.05) is 12.1 Å². The summed E-state index contributed by atoms with van der Waals surface area (Å²) in [6, 6.07) is 9.19. The predicted octanol–water partition coefficient (Wildman–Crippen LogP) is 4.57. The minimum Gasteiger partial charge on any atom is -0.454 e. The Morgan fingerprint density at radius 2 is 1.83 bits per heavy atom. The molecule has 0 atom stereocenters. The van der Waals surface area contributed by atoms with Crippen LogP contribution >= 0.6 is 31.9 Å². The van der Waals surface area contributed by atoms with Gasteiger partial charge in [0.1, 0.15) is 0 Å². The lowest BCUT2D eigenvalue weighted by atomic mass is 10.2. The zero-order valence-corrected chi connectivity index (χ0v) is 15.5. The van der Waals surface area contributed by atoms with Gasteiger partial charge < -0.3 is 20.1 Å². The standard InChI is InChI=1S/C16H14Br2N2O3/c1-9-4-11(17)15(12(18)5-9)20-16(21)19-7-10-2-3-13-14(6-10)23-8-22-13/h2-6H,7-8H2,1H3,(H2,19,20,21). The molecule has 2 N–H and O–H groups in total. The van der Waals surface area contributed by atoms with E-state index in [9.17, 15) is 4.79 Å². The van der Waals surface area contributed by atoms with Gasteiger partial charge in [-0.05, 0) is 74.2 Å². The smallest absolute Gasteiger partial charge is 0.319 e. The normalized spacial score (nSPS) is 12.1. The lowest BCUT2D eigenvalue weighted by Crippen LogP contribution is -2.28. The number of hydrogen-bond acceptors (Lipinski definition) is 3. The summed E-state index contributed by atoms with van der Waals surface area (Å²) < 4.78 is 12.2.